The second-order valence-electron chi connectivity index (χ2n) is 7.05. The number of ether oxygens (including phenoxy) is 2. The summed E-state index contributed by atoms with van der Waals surface area (Å²) < 4.78 is 11.2. The summed E-state index contributed by atoms with van der Waals surface area (Å²) in [5.41, 5.74) is 1.21. The average molecular weight is 451 g/mol. The normalized spacial score (nSPS) is 15.4. The highest BCUT2D eigenvalue weighted by atomic mass is 35.5. The van der Waals surface area contributed by atoms with E-state index in [2.05, 4.69) is 12.2 Å². The van der Waals surface area contributed by atoms with Gasteiger partial charge in [0, 0.05) is 17.3 Å². The third kappa shape index (κ3) is 5.37. The van der Waals surface area contributed by atoms with Gasteiger partial charge in [0.25, 0.3) is 11.8 Å². The molecule has 160 valence electrons. The van der Waals surface area contributed by atoms with E-state index in [-0.39, 0.29) is 18.4 Å². The maximum Gasteiger partial charge on any atom is 0.267 e. The van der Waals surface area contributed by atoms with E-state index in [9.17, 15) is 9.59 Å². The number of halogens is 2. The molecular weight excluding hydrogens is 427 g/mol. The zero-order valence-corrected chi connectivity index (χ0v) is 18.4. The largest absolute Gasteiger partial charge is 0.482 e. The summed E-state index contributed by atoms with van der Waals surface area (Å²) in [6.45, 7) is 4.26. The van der Waals surface area contributed by atoms with Crippen molar-refractivity contribution in [2.45, 2.75) is 39.2 Å². The third-order valence-corrected chi connectivity index (χ3v) is 5.22. The number of hydrogen-bond donors (Lipinski definition) is 1. The van der Waals surface area contributed by atoms with Crippen molar-refractivity contribution in [2.24, 2.45) is 0 Å². The van der Waals surface area contributed by atoms with Gasteiger partial charge in [-0.15, -0.1) is 0 Å². The van der Waals surface area contributed by atoms with Gasteiger partial charge >= 0.3 is 0 Å². The SMILES string of the molecule is CCCCCN1C(=O)C(C)Oc2ccc(NC(=O)COc3ccc(Cl)cc3Cl)cc21. The smallest absolute Gasteiger partial charge is 0.267 e. The first-order chi connectivity index (χ1) is 14.4. The number of amides is 2. The van der Waals surface area contributed by atoms with Crippen molar-refractivity contribution in [3.8, 4) is 11.5 Å². The lowest BCUT2D eigenvalue weighted by atomic mass is 10.1. The molecule has 8 heteroatoms. The maximum atomic E-state index is 12.6. The van der Waals surface area contributed by atoms with E-state index in [1.165, 1.54) is 0 Å². The van der Waals surface area contributed by atoms with Crippen LogP contribution in [0.4, 0.5) is 11.4 Å². The highest BCUT2D eigenvalue weighted by Gasteiger charge is 2.31. The van der Waals surface area contributed by atoms with Crippen molar-refractivity contribution < 1.29 is 19.1 Å². The molecule has 2 aromatic rings. The van der Waals surface area contributed by atoms with Crippen LogP contribution < -0.4 is 19.7 Å². The molecule has 0 radical (unpaired) electrons. The van der Waals surface area contributed by atoms with Crippen LogP contribution >= 0.6 is 23.2 Å². The Hall–Kier alpha value is -2.44. The van der Waals surface area contributed by atoms with Crippen molar-refractivity contribution >= 4 is 46.4 Å². The quantitative estimate of drug-likeness (QED) is 0.552. The summed E-state index contributed by atoms with van der Waals surface area (Å²) >= 11 is 11.9. The second-order valence-corrected chi connectivity index (χ2v) is 7.89. The standard InChI is InChI=1S/C22H24Cl2N2O4/c1-3-4-5-10-26-18-12-16(7-9-20(18)30-14(2)22(26)28)25-21(27)13-29-19-8-6-15(23)11-17(19)24/h6-9,11-12,14H,3-5,10,13H2,1-2H3,(H,25,27). The van der Waals surface area contributed by atoms with Crippen LogP contribution in [0.1, 0.15) is 33.1 Å². The Kier molecular flexibility index (Phi) is 7.45. The van der Waals surface area contributed by atoms with Crippen LogP contribution in [-0.2, 0) is 9.59 Å². The van der Waals surface area contributed by atoms with Crippen molar-refractivity contribution in [3.63, 3.8) is 0 Å². The Labute approximate surface area is 186 Å². The fourth-order valence-electron chi connectivity index (χ4n) is 3.17. The molecule has 0 aliphatic carbocycles. The van der Waals surface area contributed by atoms with E-state index in [1.807, 2.05) is 0 Å². The number of nitrogens with zero attached hydrogens (tertiary/aromatic N) is 1. The van der Waals surface area contributed by atoms with Crippen LogP contribution in [0.5, 0.6) is 11.5 Å². The van der Waals surface area contributed by atoms with Gasteiger partial charge in [0.15, 0.2) is 12.7 Å². The van der Waals surface area contributed by atoms with Crippen LogP contribution in [0, 0.1) is 0 Å². The van der Waals surface area contributed by atoms with Gasteiger partial charge in [-0.25, -0.2) is 0 Å². The van der Waals surface area contributed by atoms with Crippen LogP contribution in [0.3, 0.4) is 0 Å². The Bertz CT molecular complexity index is 935. The lowest BCUT2D eigenvalue weighted by Gasteiger charge is -2.33. The molecule has 0 saturated heterocycles. The lowest BCUT2D eigenvalue weighted by molar-refractivity contribution is -0.125. The molecule has 1 atom stereocenters. The highest BCUT2D eigenvalue weighted by Crippen LogP contribution is 2.36. The molecule has 2 amide bonds. The predicted octanol–water partition coefficient (Wildman–Crippen LogP) is 5.32. The van der Waals surface area contributed by atoms with Crippen LogP contribution in [0.25, 0.3) is 0 Å². The van der Waals surface area contributed by atoms with Crippen molar-refractivity contribution in [3.05, 3.63) is 46.4 Å². The highest BCUT2D eigenvalue weighted by molar-refractivity contribution is 6.35. The molecule has 1 heterocycles. The summed E-state index contributed by atoms with van der Waals surface area (Å²) in [7, 11) is 0. The van der Waals surface area contributed by atoms with Gasteiger partial charge in [0.2, 0.25) is 0 Å². The molecule has 1 aliphatic rings. The van der Waals surface area contributed by atoms with E-state index >= 15 is 0 Å². The van der Waals surface area contributed by atoms with E-state index in [0.29, 0.717) is 39.5 Å². The summed E-state index contributed by atoms with van der Waals surface area (Å²) in [6, 6.07) is 10.0. The first kappa shape index (κ1) is 22.2. The van der Waals surface area contributed by atoms with Crippen molar-refractivity contribution in [1.29, 1.82) is 0 Å². The van der Waals surface area contributed by atoms with Gasteiger partial charge in [0.1, 0.15) is 11.5 Å². The van der Waals surface area contributed by atoms with Crippen LogP contribution in [-0.4, -0.2) is 31.1 Å². The van der Waals surface area contributed by atoms with Gasteiger partial charge in [-0.3, -0.25) is 9.59 Å². The van der Waals surface area contributed by atoms with Crippen LogP contribution in [0.2, 0.25) is 10.0 Å². The molecule has 0 fully saturated rings. The van der Waals surface area contributed by atoms with Gasteiger partial charge in [0.05, 0.1) is 10.7 Å². The first-order valence-electron chi connectivity index (χ1n) is 9.89. The maximum absolute atomic E-state index is 12.6. The molecular formula is C22H24Cl2N2O4. The van der Waals surface area contributed by atoms with Crippen molar-refractivity contribution in [1.82, 2.24) is 0 Å². The minimum Gasteiger partial charge on any atom is -0.482 e. The summed E-state index contributed by atoms with van der Waals surface area (Å²) in [4.78, 5) is 26.7. The topological polar surface area (TPSA) is 67.9 Å². The van der Waals surface area contributed by atoms with Gasteiger partial charge in [-0.05, 0) is 49.7 Å². The number of fused-ring (bicyclic) bond motifs is 1. The molecule has 2 aromatic carbocycles. The number of rotatable bonds is 8. The number of carbonyl (C=O) groups is 2. The zero-order chi connectivity index (χ0) is 21.7. The molecule has 1 unspecified atom stereocenters. The monoisotopic (exact) mass is 450 g/mol. The minimum absolute atomic E-state index is 0.0807. The molecule has 0 aromatic heterocycles. The van der Waals surface area contributed by atoms with E-state index in [4.69, 9.17) is 32.7 Å². The number of benzene rings is 2. The predicted molar refractivity (Wildman–Crippen MR) is 119 cm³/mol. The van der Waals surface area contributed by atoms with Gasteiger partial charge < -0.3 is 19.7 Å². The number of anilines is 2. The third-order valence-electron chi connectivity index (χ3n) is 4.69. The number of nitrogens with one attached hydrogen (secondary N) is 1. The molecule has 1 N–H and O–H groups in total. The number of unbranched alkanes of at least 4 members (excludes halogenated alkanes) is 2. The fourth-order valence-corrected chi connectivity index (χ4v) is 3.63. The Morgan fingerprint density at radius 2 is 2.00 bits per heavy atom. The average Bonchev–Trinajstić information content (AvgIpc) is 2.70. The molecule has 3 rings (SSSR count). The number of carbonyl (C=O) groups excluding carboxylic acids is 2. The fraction of sp³-hybridized carbons (Fsp3) is 0.364. The molecule has 6 nitrogen and oxygen atoms in total. The summed E-state index contributed by atoms with van der Waals surface area (Å²) in [5.74, 6) is 0.565. The first-order valence-corrected chi connectivity index (χ1v) is 10.6. The summed E-state index contributed by atoms with van der Waals surface area (Å²) in [5, 5.41) is 3.60. The lowest BCUT2D eigenvalue weighted by Crippen LogP contribution is -2.44. The minimum atomic E-state index is -0.530. The Balaban J connectivity index is 1.68. The summed E-state index contributed by atoms with van der Waals surface area (Å²) in [6.07, 6.45) is 2.47. The Morgan fingerprint density at radius 3 is 2.73 bits per heavy atom. The molecule has 30 heavy (non-hydrogen) atoms. The van der Waals surface area contributed by atoms with E-state index in [1.54, 1.807) is 48.2 Å². The second kappa shape index (κ2) is 10.0. The molecule has 0 bridgehead atoms. The van der Waals surface area contributed by atoms with Gasteiger partial charge in [-0.2, -0.15) is 0 Å². The Morgan fingerprint density at radius 1 is 1.20 bits per heavy atom. The van der Waals surface area contributed by atoms with E-state index in [0.717, 1.165) is 19.3 Å². The number of hydrogen-bond acceptors (Lipinski definition) is 4. The molecule has 1 aliphatic heterocycles. The zero-order valence-electron chi connectivity index (χ0n) is 16.9. The van der Waals surface area contributed by atoms with Gasteiger partial charge in [-0.1, -0.05) is 43.0 Å². The van der Waals surface area contributed by atoms with Crippen molar-refractivity contribution in [2.75, 3.05) is 23.4 Å². The molecule has 0 spiro atoms. The van der Waals surface area contributed by atoms with E-state index < -0.39 is 6.10 Å². The van der Waals surface area contributed by atoms with Crippen LogP contribution in [0.15, 0.2) is 36.4 Å². The molecule has 0 saturated carbocycles.